The van der Waals surface area contributed by atoms with Gasteiger partial charge in [-0.05, 0) is 39.8 Å². The number of aromatic nitrogens is 1. The molecule has 0 fully saturated rings. The normalized spacial score (nSPS) is 10.9. The number of halogens is 2. The molecule has 0 amide bonds. The zero-order chi connectivity index (χ0) is 12.0. The van der Waals surface area contributed by atoms with E-state index < -0.39 is 0 Å². The standard InChI is InChI=1S/C13H19N3.2ClH.V/c1-5-14-10(3)12-8-7-9-13(16-12)11(4)15-6-2;;;/h7-9H,5-6H2,1-4H3;2*1H;/q;;;+2/p-2. The summed E-state index contributed by atoms with van der Waals surface area (Å²) in [6.45, 7) is 9.61. The van der Waals surface area contributed by atoms with Crippen LogP contribution >= 0.6 is 0 Å². The van der Waals surface area contributed by atoms with Crippen LogP contribution in [-0.4, -0.2) is 29.5 Å². The van der Waals surface area contributed by atoms with Gasteiger partial charge >= 0.3 is 18.6 Å². The largest absolute Gasteiger partial charge is 2.00 e. The van der Waals surface area contributed by atoms with Gasteiger partial charge in [0.2, 0.25) is 0 Å². The summed E-state index contributed by atoms with van der Waals surface area (Å²) in [5.74, 6) is 0. The van der Waals surface area contributed by atoms with E-state index >= 15 is 0 Å². The molecule has 1 radical (unpaired) electrons. The van der Waals surface area contributed by atoms with Crippen LogP contribution in [0.2, 0.25) is 0 Å². The fourth-order valence-corrected chi connectivity index (χ4v) is 1.47. The van der Waals surface area contributed by atoms with E-state index in [0.717, 1.165) is 35.9 Å². The van der Waals surface area contributed by atoms with Gasteiger partial charge in [0.1, 0.15) is 0 Å². The molecule has 0 aliphatic rings. The molecule has 1 heterocycles. The summed E-state index contributed by atoms with van der Waals surface area (Å²) in [6, 6.07) is 5.97. The van der Waals surface area contributed by atoms with E-state index in [1.807, 2.05) is 45.9 Å². The van der Waals surface area contributed by atoms with E-state index in [1.165, 1.54) is 0 Å². The molecule has 0 aliphatic carbocycles. The molecule has 0 unspecified atom stereocenters. The van der Waals surface area contributed by atoms with Gasteiger partial charge in [-0.2, -0.15) is 0 Å². The van der Waals surface area contributed by atoms with Crippen LogP contribution in [0.3, 0.4) is 0 Å². The van der Waals surface area contributed by atoms with E-state index in [4.69, 9.17) is 0 Å². The Balaban J connectivity index is -0.000000853. The number of hydrogen-bond donors (Lipinski definition) is 0. The topological polar surface area (TPSA) is 37.6 Å². The van der Waals surface area contributed by atoms with Crippen molar-refractivity contribution in [2.24, 2.45) is 9.98 Å². The molecule has 105 valence electrons. The Bertz CT molecular complexity index is 385. The maximum atomic E-state index is 4.55. The van der Waals surface area contributed by atoms with Crippen molar-refractivity contribution >= 4 is 11.4 Å². The van der Waals surface area contributed by atoms with Crippen LogP contribution in [0.1, 0.15) is 39.1 Å². The summed E-state index contributed by atoms with van der Waals surface area (Å²) >= 11 is 0. The minimum atomic E-state index is 0. The van der Waals surface area contributed by atoms with Crippen LogP contribution in [0.5, 0.6) is 0 Å². The van der Waals surface area contributed by atoms with Gasteiger partial charge in [0.25, 0.3) is 0 Å². The molecule has 0 spiro atoms. The molecular formula is C13H19Cl2N3V. The van der Waals surface area contributed by atoms with E-state index in [-0.39, 0.29) is 43.4 Å². The van der Waals surface area contributed by atoms with Gasteiger partial charge in [-0.25, -0.2) is 4.98 Å². The number of hydrogen-bond acceptors (Lipinski definition) is 3. The molecule has 0 aromatic carbocycles. The number of rotatable bonds is 4. The average Bonchev–Trinajstić information content (AvgIpc) is 2.30. The van der Waals surface area contributed by atoms with Crippen LogP contribution in [-0.2, 0) is 18.6 Å². The van der Waals surface area contributed by atoms with Crippen molar-refractivity contribution < 1.29 is 43.4 Å². The van der Waals surface area contributed by atoms with Gasteiger partial charge in [0.05, 0.1) is 22.8 Å². The second-order valence-electron chi connectivity index (χ2n) is 3.53. The fraction of sp³-hybridized carbons (Fsp3) is 0.462. The van der Waals surface area contributed by atoms with Crippen molar-refractivity contribution in [2.75, 3.05) is 13.1 Å². The van der Waals surface area contributed by atoms with Gasteiger partial charge in [-0.1, -0.05) is 6.07 Å². The Morgan fingerprint density at radius 2 is 1.32 bits per heavy atom. The quantitative estimate of drug-likeness (QED) is 0.531. The third kappa shape index (κ3) is 7.73. The third-order valence-corrected chi connectivity index (χ3v) is 2.28. The summed E-state index contributed by atoms with van der Waals surface area (Å²) in [4.78, 5) is 13.3. The molecule has 0 bridgehead atoms. The first-order valence-electron chi connectivity index (χ1n) is 5.69. The Morgan fingerprint density at radius 1 is 0.947 bits per heavy atom. The molecule has 0 N–H and O–H groups in total. The second kappa shape index (κ2) is 12.7. The molecule has 19 heavy (non-hydrogen) atoms. The zero-order valence-electron chi connectivity index (χ0n) is 11.7. The van der Waals surface area contributed by atoms with Crippen molar-refractivity contribution in [2.45, 2.75) is 27.7 Å². The summed E-state index contributed by atoms with van der Waals surface area (Å²) in [5.41, 5.74) is 3.83. The van der Waals surface area contributed by atoms with Crippen LogP contribution < -0.4 is 24.8 Å². The van der Waals surface area contributed by atoms with Gasteiger partial charge in [-0.3, -0.25) is 9.98 Å². The first-order valence-corrected chi connectivity index (χ1v) is 5.69. The molecular weight excluding hydrogens is 320 g/mol. The minimum absolute atomic E-state index is 0. The Kier molecular flexibility index (Phi) is 15.8. The third-order valence-electron chi connectivity index (χ3n) is 2.28. The molecule has 3 nitrogen and oxygen atoms in total. The number of aliphatic imine (C=N–C) groups is 2. The fourth-order valence-electron chi connectivity index (χ4n) is 1.47. The van der Waals surface area contributed by atoms with Crippen molar-refractivity contribution in [1.29, 1.82) is 0 Å². The molecule has 1 aromatic heterocycles. The Labute approximate surface area is 140 Å². The number of pyridine rings is 1. The van der Waals surface area contributed by atoms with Crippen LogP contribution in [0, 0.1) is 0 Å². The summed E-state index contributed by atoms with van der Waals surface area (Å²) in [5, 5.41) is 0. The van der Waals surface area contributed by atoms with Gasteiger partial charge in [0, 0.05) is 13.1 Å². The average molecular weight is 339 g/mol. The maximum absolute atomic E-state index is 4.55. The molecule has 0 atom stereocenters. The monoisotopic (exact) mass is 338 g/mol. The minimum Gasteiger partial charge on any atom is -1.00 e. The molecule has 6 heteroatoms. The molecule has 0 aliphatic heterocycles. The van der Waals surface area contributed by atoms with E-state index in [2.05, 4.69) is 15.0 Å². The molecule has 0 saturated heterocycles. The second-order valence-corrected chi connectivity index (χ2v) is 3.53. The van der Waals surface area contributed by atoms with Gasteiger partial charge < -0.3 is 24.8 Å². The first-order chi connectivity index (χ1) is 7.69. The number of nitrogens with zero attached hydrogens (tertiary/aromatic N) is 3. The van der Waals surface area contributed by atoms with Crippen molar-refractivity contribution in [3.05, 3.63) is 29.6 Å². The Hall–Kier alpha value is -0.346. The van der Waals surface area contributed by atoms with E-state index in [0.29, 0.717) is 0 Å². The summed E-state index contributed by atoms with van der Waals surface area (Å²) in [6.07, 6.45) is 0. The van der Waals surface area contributed by atoms with Crippen molar-refractivity contribution in [1.82, 2.24) is 4.98 Å². The predicted octanol–water partition coefficient (Wildman–Crippen LogP) is -3.26. The summed E-state index contributed by atoms with van der Waals surface area (Å²) < 4.78 is 0. The Morgan fingerprint density at radius 3 is 1.63 bits per heavy atom. The van der Waals surface area contributed by atoms with Crippen molar-refractivity contribution in [3.63, 3.8) is 0 Å². The van der Waals surface area contributed by atoms with Gasteiger partial charge in [-0.15, -0.1) is 0 Å². The zero-order valence-corrected chi connectivity index (χ0v) is 14.6. The van der Waals surface area contributed by atoms with Crippen LogP contribution in [0.4, 0.5) is 0 Å². The smallest absolute Gasteiger partial charge is 1.00 e. The van der Waals surface area contributed by atoms with Gasteiger partial charge in [0.15, 0.2) is 0 Å². The summed E-state index contributed by atoms with van der Waals surface area (Å²) in [7, 11) is 0. The first kappa shape index (κ1) is 23.7. The SMILES string of the molecule is CCN=C(C)c1cccc(C(C)=NCC)n1.[Cl-].[Cl-].[V+2]. The van der Waals surface area contributed by atoms with Crippen LogP contribution in [0.15, 0.2) is 28.2 Å². The molecule has 1 aromatic rings. The predicted molar refractivity (Wildman–Crippen MR) is 69.7 cm³/mol. The van der Waals surface area contributed by atoms with Crippen LogP contribution in [0.25, 0.3) is 0 Å². The molecule has 0 saturated carbocycles. The van der Waals surface area contributed by atoms with Crippen molar-refractivity contribution in [3.8, 4) is 0 Å². The van der Waals surface area contributed by atoms with E-state index in [9.17, 15) is 0 Å². The molecule has 1 rings (SSSR count). The maximum Gasteiger partial charge on any atom is 2.00 e. The van der Waals surface area contributed by atoms with E-state index in [1.54, 1.807) is 0 Å².